The summed E-state index contributed by atoms with van der Waals surface area (Å²) in [5, 5.41) is 0. The van der Waals surface area contributed by atoms with E-state index in [4.69, 9.17) is 0 Å². The molecule has 0 N–H and O–H groups in total. The molecule has 4 heteroatoms. The lowest BCUT2D eigenvalue weighted by Gasteiger charge is -2.38. The van der Waals surface area contributed by atoms with E-state index in [1.165, 1.54) is 0 Å². The molecule has 94 valence electrons. The number of hydrogen-bond donors (Lipinski definition) is 1. The van der Waals surface area contributed by atoms with Gasteiger partial charge in [-0.3, -0.25) is 4.90 Å². The molecule has 17 heavy (non-hydrogen) atoms. The fourth-order valence-corrected chi connectivity index (χ4v) is 2.42. The highest BCUT2D eigenvalue weighted by molar-refractivity contribution is 7.81. The number of hydrogen-bond acceptors (Lipinski definition) is 4. The van der Waals surface area contributed by atoms with E-state index in [9.17, 15) is 0 Å². The predicted molar refractivity (Wildman–Crippen MR) is 76.0 cm³/mol. The Bertz CT molecular complexity index is 339. The van der Waals surface area contributed by atoms with E-state index in [0.717, 1.165) is 38.5 Å². The Kier molecular flexibility index (Phi) is 3.94. The molecule has 0 amide bonds. The maximum Gasteiger partial charge on any atom is 0.128 e. The molecular weight excluding hydrogens is 230 g/mol. The predicted octanol–water partition coefficient (Wildman–Crippen LogP) is 1.91. The van der Waals surface area contributed by atoms with Crippen LogP contribution in [0.25, 0.3) is 0 Å². The second-order valence-corrected chi connectivity index (χ2v) is 6.47. The van der Waals surface area contributed by atoms with Gasteiger partial charge in [0.2, 0.25) is 0 Å². The van der Waals surface area contributed by atoms with Crippen LogP contribution in [-0.2, 0) is 0 Å². The molecule has 0 saturated carbocycles. The van der Waals surface area contributed by atoms with Crippen molar-refractivity contribution in [2.24, 2.45) is 0 Å². The summed E-state index contributed by atoms with van der Waals surface area (Å²) >= 11 is 4.59. The molecule has 1 aromatic rings. The second kappa shape index (κ2) is 5.27. The number of nitrogens with zero attached hydrogens (tertiary/aromatic N) is 3. The van der Waals surface area contributed by atoms with Crippen LogP contribution >= 0.6 is 12.6 Å². The molecule has 0 unspecified atom stereocenters. The van der Waals surface area contributed by atoms with Crippen LogP contribution in [0.15, 0.2) is 24.4 Å². The number of pyridine rings is 1. The average molecular weight is 251 g/mol. The molecule has 2 heterocycles. The highest BCUT2D eigenvalue weighted by atomic mass is 32.1. The molecular formula is C13H21N3S. The summed E-state index contributed by atoms with van der Waals surface area (Å²) in [5.41, 5.74) is 0. The van der Waals surface area contributed by atoms with Gasteiger partial charge < -0.3 is 4.90 Å². The van der Waals surface area contributed by atoms with Crippen LogP contribution in [0.3, 0.4) is 0 Å². The zero-order chi connectivity index (χ0) is 12.3. The standard InChI is InChI=1S/C13H21N3S/c1-13(2,17)11-15-7-9-16(10-8-15)12-5-3-4-6-14-12/h3-6,17H,7-11H2,1-2H3. The normalized spacial score (nSPS) is 18.4. The monoisotopic (exact) mass is 251 g/mol. The first-order chi connectivity index (χ1) is 8.04. The Morgan fingerprint density at radius 2 is 1.94 bits per heavy atom. The van der Waals surface area contributed by atoms with Crippen molar-refractivity contribution in [2.75, 3.05) is 37.6 Å². The van der Waals surface area contributed by atoms with Gasteiger partial charge in [-0.15, -0.1) is 0 Å². The fraction of sp³-hybridized carbons (Fsp3) is 0.615. The molecule has 3 nitrogen and oxygen atoms in total. The Labute approximate surface area is 109 Å². The van der Waals surface area contributed by atoms with Gasteiger partial charge in [0.1, 0.15) is 5.82 Å². The Morgan fingerprint density at radius 3 is 2.47 bits per heavy atom. The summed E-state index contributed by atoms with van der Waals surface area (Å²) in [6.07, 6.45) is 1.86. The number of aromatic nitrogens is 1. The van der Waals surface area contributed by atoms with E-state index in [1.54, 1.807) is 0 Å². The molecule has 0 aliphatic carbocycles. The molecule has 1 aliphatic rings. The highest BCUT2D eigenvalue weighted by Crippen LogP contribution is 2.17. The van der Waals surface area contributed by atoms with Gasteiger partial charge in [0.25, 0.3) is 0 Å². The van der Waals surface area contributed by atoms with E-state index >= 15 is 0 Å². The van der Waals surface area contributed by atoms with Gasteiger partial charge >= 0.3 is 0 Å². The maximum absolute atomic E-state index is 4.59. The summed E-state index contributed by atoms with van der Waals surface area (Å²) in [4.78, 5) is 9.22. The van der Waals surface area contributed by atoms with Crippen LogP contribution in [-0.4, -0.2) is 47.4 Å². The van der Waals surface area contributed by atoms with Crippen molar-refractivity contribution in [3.63, 3.8) is 0 Å². The van der Waals surface area contributed by atoms with Gasteiger partial charge in [0.05, 0.1) is 0 Å². The van der Waals surface area contributed by atoms with E-state index < -0.39 is 0 Å². The van der Waals surface area contributed by atoms with Crippen molar-refractivity contribution < 1.29 is 0 Å². The van der Waals surface area contributed by atoms with Crippen molar-refractivity contribution in [1.82, 2.24) is 9.88 Å². The fourth-order valence-electron chi connectivity index (χ4n) is 2.22. The Morgan fingerprint density at radius 1 is 1.24 bits per heavy atom. The maximum atomic E-state index is 4.59. The first-order valence-corrected chi connectivity index (χ1v) is 6.60. The topological polar surface area (TPSA) is 19.4 Å². The number of thiol groups is 1. The Balaban J connectivity index is 1.86. The zero-order valence-electron chi connectivity index (χ0n) is 10.6. The third-order valence-electron chi connectivity index (χ3n) is 2.96. The minimum atomic E-state index is 0.0904. The molecule has 0 bridgehead atoms. The molecule has 0 atom stereocenters. The van der Waals surface area contributed by atoms with Crippen molar-refractivity contribution in [1.29, 1.82) is 0 Å². The van der Waals surface area contributed by atoms with E-state index in [0.29, 0.717) is 0 Å². The first kappa shape index (κ1) is 12.7. The lowest BCUT2D eigenvalue weighted by molar-refractivity contribution is 0.241. The summed E-state index contributed by atoms with van der Waals surface area (Å²) in [5.74, 6) is 1.09. The molecule has 1 aromatic heterocycles. The van der Waals surface area contributed by atoms with Gasteiger partial charge in [-0.25, -0.2) is 4.98 Å². The van der Waals surface area contributed by atoms with E-state index in [1.807, 2.05) is 18.3 Å². The summed E-state index contributed by atoms with van der Waals surface area (Å²) in [7, 11) is 0. The van der Waals surface area contributed by atoms with Gasteiger partial charge in [0, 0.05) is 43.7 Å². The minimum absolute atomic E-state index is 0.0904. The SMILES string of the molecule is CC(C)(S)CN1CCN(c2ccccn2)CC1. The van der Waals surface area contributed by atoms with Crippen molar-refractivity contribution in [2.45, 2.75) is 18.6 Å². The molecule has 1 aliphatic heterocycles. The number of anilines is 1. The van der Waals surface area contributed by atoms with Crippen molar-refractivity contribution in [3.8, 4) is 0 Å². The first-order valence-electron chi connectivity index (χ1n) is 6.15. The third kappa shape index (κ3) is 3.89. The van der Waals surface area contributed by atoms with Gasteiger partial charge in [-0.2, -0.15) is 12.6 Å². The van der Waals surface area contributed by atoms with Crippen LogP contribution < -0.4 is 4.90 Å². The number of rotatable bonds is 3. The average Bonchev–Trinajstić information content (AvgIpc) is 2.29. The van der Waals surface area contributed by atoms with Gasteiger partial charge in [0.15, 0.2) is 0 Å². The lowest BCUT2D eigenvalue weighted by Crippen LogP contribution is -2.49. The largest absolute Gasteiger partial charge is 0.354 e. The number of piperazine rings is 1. The molecule has 1 saturated heterocycles. The molecule has 2 rings (SSSR count). The Hall–Kier alpha value is -0.740. The quantitative estimate of drug-likeness (QED) is 0.828. The molecule has 1 fully saturated rings. The summed E-state index contributed by atoms with van der Waals surface area (Å²) < 4.78 is 0.0904. The van der Waals surface area contributed by atoms with E-state index in [2.05, 4.69) is 47.3 Å². The van der Waals surface area contributed by atoms with Gasteiger partial charge in [-0.05, 0) is 26.0 Å². The third-order valence-corrected chi connectivity index (χ3v) is 3.10. The van der Waals surface area contributed by atoms with Crippen LogP contribution in [0.2, 0.25) is 0 Å². The summed E-state index contributed by atoms with van der Waals surface area (Å²) in [6.45, 7) is 9.69. The van der Waals surface area contributed by atoms with Gasteiger partial charge in [-0.1, -0.05) is 6.07 Å². The smallest absolute Gasteiger partial charge is 0.128 e. The summed E-state index contributed by atoms with van der Waals surface area (Å²) in [6, 6.07) is 6.09. The van der Waals surface area contributed by atoms with Crippen LogP contribution in [0, 0.1) is 0 Å². The van der Waals surface area contributed by atoms with Crippen molar-refractivity contribution >= 4 is 18.4 Å². The second-order valence-electron chi connectivity index (χ2n) is 5.26. The van der Waals surface area contributed by atoms with E-state index in [-0.39, 0.29) is 4.75 Å². The molecule has 0 spiro atoms. The van der Waals surface area contributed by atoms with Crippen molar-refractivity contribution in [3.05, 3.63) is 24.4 Å². The highest BCUT2D eigenvalue weighted by Gasteiger charge is 2.22. The molecule has 0 aromatic carbocycles. The minimum Gasteiger partial charge on any atom is -0.354 e. The van der Waals surface area contributed by atoms with Crippen LogP contribution in [0.1, 0.15) is 13.8 Å². The zero-order valence-corrected chi connectivity index (χ0v) is 11.5. The molecule has 0 radical (unpaired) electrons. The lowest BCUT2D eigenvalue weighted by atomic mass is 10.1. The van der Waals surface area contributed by atoms with Crippen LogP contribution in [0.5, 0.6) is 0 Å². The van der Waals surface area contributed by atoms with Crippen LogP contribution in [0.4, 0.5) is 5.82 Å².